The summed E-state index contributed by atoms with van der Waals surface area (Å²) in [5.74, 6) is -0.414. The van der Waals surface area contributed by atoms with E-state index in [0.717, 1.165) is 5.56 Å². The van der Waals surface area contributed by atoms with Gasteiger partial charge in [-0.3, -0.25) is 4.98 Å². The SMILES string of the molecule is COc1cncc(-c2nc(C(=O)O)cs2)c1. The number of carbonyl (C=O) groups is 1. The van der Waals surface area contributed by atoms with Crippen LogP contribution in [0.1, 0.15) is 10.5 Å². The van der Waals surface area contributed by atoms with Crippen LogP contribution in [0.4, 0.5) is 0 Å². The predicted molar refractivity (Wildman–Crippen MR) is 58.9 cm³/mol. The molecule has 1 N–H and O–H groups in total. The van der Waals surface area contributed by atoms with Gasteiger partial charge in [-0.15, -0.1) is 11.3 Å². The summed E-state index contributed by atoms with van der Waals surface area (Å²) < 4.78 is 5.03. The van der Waals surface area contributed by atoms with E-state index in [-0.39, 0.29) is 5.69 Å². The van der Waals surface area contributed by atoms with Crippen LogP contribution >= 0.6 is 11.3 Å². The Kier molecular flexibility index (Phi) is 2.82. The summed E-state index contributed by atoms with van der Waals surface area (Å²) in [7, 11) is 1.55. The van der Waals surface area contributed by atoms with E-state index in [9.17, 15) is 4.79 Å². The Bertz CT molecular complexity index is 524. The summed E-state index contributed by atoms with van der Waals surface area (Å²) in [6.45, 7) is 0. The van der Waals surface area contributed by atoms with Gasteiger partial charge in [0.15, 0.2) is 5.69 Å². The number of aromatic carboxylic acids is 1. The Hall–Kier alpha value is -1.95. The molecule has 0 radical (unpaired) electrons. The number of carboxylic acids is 1. The summed E-state index contributed by atoms with van der Waals surface area (Å²) in [6, 6.07) is 1.76. The fraction of sp³-hybridized carbons (Fsp3) is 0.100. The molecule has 0 saturated carbocycles. The zero-order valence-electron chi connectivity index (χ0n) is 8.38. The second-order valence-corrected chi connectivity index (χ2v) is 3.81. The first-order chi connectivity index (χ1) is 7.70. The summed E-state index contributed by atoms with van der Waals surface area (Å²) in [6.07, 6.45) is 3.20. The maximum absolute atomic E-state index is 10.7. The minimum Gasteiger partial charge on any atom is -0.495 e. The third kappa shape index (κ3) is 2.01. The van der Waals surface area contributed by atoms with Crippen molar-refractivity contribution in [3.63, 3.8) is 0 Å². The standard InChI is InChI=1S/C10H8N2O3S/c1-15-7-2-6(3-11-4-7)9-12-8(5-16-9)10(13)14/h2-5H,1H3,(H,13,14). The Morgan fingerprint density at radius 1 is 1.50 bits per heavy atom. The van der Waals surface area contributed by atoms with Gasteiger partial charge in [0.05, 0.1) is 13.3 Å². The number of hydrogen-bond acceptors (Lipinski definition) is 5. The molecular weight excluding hydrogens is 228 g/mol. The number of ether oxygens (including phenoxy) is 1. The molecule has 0 aliphatic rings. The van der Waals surface area contributed by atoms with E-state index in [1.807, 2.05) is 0 Å². The van der Waals surface area contributed by atoms with E-state index < -0.39 is 5.97 Å². The van der Waals surface area contributed by atoms with Gasteiger partial charge in [-0.2, -0.15) is 0 Å². The van der Waals surface area contributed by atoms with Crippen molar-refractivity contribution in [1.29, 1.82) is 0 Å². The fourth-order valence-corrected chi connectivity index (χ4v) is 1.93. The molecule has 2 aromatic heterocycles. The minimum absolute atomic E-state index is 0.0443. The molecule has 0 unspecified atom stereocenters. The van der Waals surface area contributed by atoms with E-state index >= 15 is 0 Å². The highest BCUT2D eigenvalue weighted by Gasteiger charge is 2.10. The van der Waals surface area contributed by atoms with Crippen molar-refractivity contribution in [1.82, 2.24) is 9.97 Å². The number of aromatic nitrogens is 2. The lowest BCUT2D eigenvalue weighted by Gasteiger charge is -2.00. The molecule has 0 aliphatic carbocycles. The molecule has 2 aromatic rings. The lowest BCUT2D eigenvalue weighted by Crippen LogP contribution is -1.95. The maximum atomic E-state index is 10.7. The molecule has 0 saturated heterocycles. The highest BCUT2D eigenvalue weighted by molar-refractivity contribution is 7.13. The van der Waals surface area contributed by atoms with E-state index in [0.29, 0.717) is 10.8 Å². The number of hydrogen-bond donors (Lipinski definition) is 1. The first-order valence-corrected chi connectivity index (χ1v) is 5.27. The minimum atomic E-state index is -1.03. The van der Waals surface area contributed by atoms with Crippen molar-refractivity contribution in [3.8, 4) is 16.3 Å². The molecule has 0 aliphatic heterocycles. The molecule has 82 valence electrons. The van der Waals surface area contributed by atoms with Crippen molar-refractivity contribution in [2.45, 2.75) is 0 Å². The number of methoxy groups -OCH3 is 1. The maximum Gasteiger partial charge on any atom is 0.355 e. The van der Waals surface area contributed by atoms with Crippen molar-refractivity contribution >= 4 is 17.3 Å². The molecule has 0 spiro atoms. The molecule has 0 amide bonds. The molecule has 2 heterocycles. The van der Waals surface area contributed by atoms with Crippen LogP contribution < -0.4 is 4.74 Å². The van der Waals surface area contributed by atoms with Gasteiger partial charge in [0.1, 0.15) is 10.8 Å². The van der Waals surface area contributed by atoms with Crippen LogP contribution in [0, 0.1) is 0 Å². The topological polar surface area (TPSA) is 72.3 Å². The van der Waals surface area contributed by atoms with Crippen molar-refractivity contribution < 1.29 is 14.6 Å². The first kappa shape index (κ1) is 10.6. The van der Waals surface area contributed by atoms with Crippen molar-refractivity contribution in [2.24, 2.45) is 0 Å². The zero-order valence-corrected chi connectivity index (χ0v) is 9.19. The van der Waals surface area contributed by atoms with E-state index in [2.05, 4.69) is 9.97 Å². The van der Waals surface area contributed by atoms with Crippen LogP contribution in [-0.2, 0) is 0 Å². The highest BCUT2D eigenvalue weighted by atomic mass is 32.1. The molecule has 5 nitrogen and oxygen atoms in total. The largest absolute Gasteiger partial charge is 0.495 e. The molecule has 0 fully saturated rings. The smallest absolute Gasteiger partial charge is 0.355 e. The molecule has 0 atom stereocenters. The molecule has 2 rings (SSSR count). The van der Waals surface area contributed by atoms with E-state index in [1.165, 1.54) is 16.7 Å². The summed E-state index contributed by atoms with van der Waals surface area (Å²) in [4.78, 5) is 18.6. The number of thiazole rings is 1. The van der Waals surface area contributed by atoms with Crippen molar-refractivity contribution in [3.05, 3.63) is 29.5 Å². The Morgan fingerprint density at radius 3 is 2.94 bits per heavy atom. The summed E-state index contributed by atoms with van der Waals surface area (Å²) >= 11 is 1.26. The van der Waals surface area contributed by atoms with Gasteiger partial charge in [0, 0.05) is 17.1 Å². The van der Waals surface area contributed by atoms with Gasteiger partial charge < -0.3 is 9.84 Å². The van der Waals surface area contributed by atoms with Crippen molar-refractivity contribution in [2.75, 3.05) is 7.11 Å². The molecular formula is C10H8N2O3S. The van der Waals surface area contributed by atoms with E-state index in [4.69, 9.17) is 9.84 Å². The van der Waals surface area contributed by atoms with Gasteiger partial charge in [-0.25, -0.2) is 9.78 Å². The van der Waals surface area contributed by atoms with Crippen LogP contribution in [0.2, 0.25) is 0 Å². The zero-order chi connectivity index (χ0) is 11.5. The number of rotatable bonds is 3. The van der Waals surface area contributed by atoms with E-state index in [1.54, 1.807) is 25.6 Å². The van der Waals surface area contributed by atoms with Gasteiger partial charge in [-0.1, -0.05) is 0 Å². The fourth-order valence-electron chi connectivity index (χ4n) is 1.15. The van der Waals surface area contributed by atoms with Gasteiger partial charge in [-0.05, 0) is 6.07 Å². The van der Waals surface area contributed by atoms with Gasteiger partial charge in [0.2, 0.25) is 0 Å². The molecule has 0 bridgehead atoms. The predicted octanol–water partition coefficient (Wildman–Crippen LogP) is 1.91. The average Bonchev–Trinajstić information content (AvgIpc) is 2.78. The molecule has 6 heteroatoms. The summed E-state index contributed by atoms with van der Waals surface area (Å²) in [5.41, 5.74) is 0.791. The molecule has 16 heavy (non-hydrogen) atoms. The third-order valence-corrected chi connectivity index (χ3v) is 2.81. The van der Waals surface area contributed by atoms with Gasteiger partial charge in [0.25, 0.3) is 0 Å². The lowest BCUT2D eigenvalue weighted by atomic mass is 10.3. The van der Waals surface area contributed by atoms with Crippen LogP contribution in [0.3, 0.4) is 0 Å². The molecule has 0 aromatic carbocycles. The van der Waals surface area contributed by atoms with Crippen LogP contribution in [0.25, 0.3) is 10.6 Å². The Balaban J connectivity index is 2.38. The summed E-state index contributed by atoms with van der Waals surface area (Å²) in [5, 5.41) is 10.9. The number of pyridine rings is 1. The monoisotopic (exact) mass is 236 g/mol. The number of carboxylic acid groups (broad SMARTS) is 1. The average molecular weight is 236 g/mol. The van der Waals surface area contributed by atoms with Crippen LogP contribution in [0.5, 0.6) is 5.75 Å². The quantitative estimate of drug-likeness (QED) is 0.881. The first-order valence-electron chi connectivity index (χ1n) is 4.39. The normalized spacial score (nSPS) is 10.1. The van der Waals surface area contributed by atoms with Crippen LogP contribution in [-0.4, -0.2) is 28.2 Å². The lowest BCUT2D eigenvalue weighted by molar-refractivity contribution is 0.0691. The Labute approximate surface area is 95.4 Å². The Morgan fingerprint density at radius 2 is 2.31 bits per heavy atom. The second kappa shape index (κ2) is 4.28. The number of nitrogens with zero attached hydrogens (tertiary/aromatic N) is 2. The second-order valence-electron chi connectivity index (χ2n) is 2.96. The van der Waals surface area contributed by atoms with Crippen LogP contribution in [0.15, 0.2) is 23.8 Å². The highest BCUT2D eigenvalue weighted by Crippen LogP contribution is 2.25. The van der Waals surface area contributed by atoms with Gasteiger partial charge >= 0.3 is 5.97 Å². The third-order valence-electron chi connectivity index (χ3n) is 1.92.